The average Bonchev–Trinajstić information content (AvgIpc) is 3.25. The lowest BCUT2D eigenvalue weighted by molar-refractivity contribution is -0.144. The second-order valence-corrected chi connectivity index (χ2v) is 8.63. The number of aromatic nitrogens is 1. The first-order chi connectivity index (χ1) is 17.0. The minimum atomic E-state index is -0.395. The summed E-state index contributed by atoms with van der Waals surface area (Å²) < 4.78 is 17.1. The number of benzene rings is 3. The molecule has 1 heterocycles. The van der Waals surface area contributed by atoms with Gasteiger partial charge in [-0.3, -0.25) is 4.79 Å². The minimum absolute atomic E-state index is 0.243. The summed E-state index contributed by atoms with van der Waals surface area (Å²) in [5.41, 5.74) is 3.75. The highest BCUT2D eigenvalue weighted by atomic mass is 35.5. The summed E-state index contributed by atoms with van der Waals surface area (Å²) in [6, 6.07) is 25.0. The molecular weight excluding hydrogens is 462 g/mol. The van der Waals surface area contributed by atoms with Crippen LogP contribution in [-0.4, -0.2) is 24.2 Å². The number of esters is 1. The normalized spacial score (nSPS) is 11.7. The first kappa shape index (κ1) is 24.6. The summed E-state index contributed by atoms with van der Waals surface area (Å²) in [5.74, 6) is 1.55. The van der Waals surface area contributed by atoms with Gasteiger partial charge in [-0.15, -0.1) is 0 Å². The number of aryl methyl sites for hydroxylation is 1. The molecule has 5 nitrogen and oxygen atoms in total. The van der Waals surface area contributed by atoms with Crippen molar-refractivity contribution >= 4 is 17.6 Å². The third-order valence-electron chi connectivity index (χ3n) is 5.73. The Labute approximate surface area is 210 Å². The minimum Gasteiger partial charge on any atom is -0.493 e. The zero-order valence-electron chi connectivity index (χ0n) is 19.9. The van der Waals surface area contributed by atoms with Crippen molar-refractivity contribution in [1.82, 2.24) is 4.98 Å². The number of oxazole rings is 1. The van der Waals surface area contributed by atoms with Gasteiger partial charge in [0.25, 0.3) is 0 Å². The third kappa shape index (κ3) is 6.52. The Morgan fingerprint density at radius 2 is 1.71 bits per heavy atom. The highest BCUT2D eigenvalue weighted by Gasteiger charge is 2.22. The first-order valence-corrected chi connectivity index (χ1v) is 12.1. The molecule has 0 spiro atoms. The summed E-state index contributed by atoms with van der Waals surface area (Å²) >= 11 is 6.01. The van der Waals surface area contributed by atoms with Crippen LogP contribution in [0, 0.1) is 6.92 Å². The van der Waals surface area contributed by atoms with Crippen LogP contribution in [-0.2, 0) is 22.4 Å². The van der Waals surface area contributed by atoms with Gasteiger partial charge < -0.3 is 13.9 Å². The molecule has 0 saturated carbocycles. The smallest absolute Gasteiger partial charge is 0.313 e. The highest BCUT2D eigenvalue weighted by molar-refractivity contribution is 6.30. The molecule has 0 N–H and O–H groups in total. The Hall–Kier alpha value is -3.57. The van der Waals surface area contributed by atoms with Crippen molar-refractivity contribution in [1.29, 1.82) is 0 Å². The van der Waals surface area contributed by atoms with Crippen LogP contribution in [0.2, 0.25) is 5.02 Å². The van der Waals surface area contributed by atoms with Crippen molar-refractivity contribution in [3.63, 3.8) is 0 Å². The Kier molecular flexibility index (Phi) is 8.22. The van der Waals surface area contributed by atoms with Crippen molar-refractivity contribution in [3.8, 4) is 17.2 Å². The molecule has 4 aromatic rings. The molecule has 1 aromatic heterocycles. The molecule has 0 aliphatic carbocycles. The molecule has 0 aliphatic rings. The molecule has 1 atom stereocenters. The molecule has 4 rings (SSSR count). The number of hydrogen-bond acceptors (Lipinski definition) is 5. The third-order valence-corrected chi connectivity index (χ3v) is 5.98. The zero-order chi connectivity index (χ0) is 24.6. The van der Waals surface area contributed by atoms with E-state index in [4.69, 9.17) is 25.5 Å². The van der Waals surface area contributed by atoms with E-state index in [9.17, 15) is 4.79 Å². The SMILES string of the molecule is CCOC(=O)C(Cc1ccc(OCCc2nc(-c3ccccc3)oc2C)cc1)c1ccc(Cl)cc1. The van der Waals surface area contributed by atoms with E-state index >= 15 is 0 Å². The van der Waals surface area contributed by atoms with E-state index in [1.807, 2.05) is 80.6 Å². The number of nitrogens with zero attached hydrogens (tertiary/aromatic N) is 1. The Bertz CT molecular complexity index is 1230. The highest BCUT2D eigenvalue weighted by Crippen LogP contribution is 2.26. The van der Waals surface area contributed by atoms with E-state index in [-0.39, 0.29) is 5.97 Å². The fraction of sp³-hybridized carbons (Fsp3) is 0.241. The summed E-state index contributed by atoms with van der Waals surface area (Å²) in [7, 11) is 0. The lowest BCUT2D eigenvalue weighted by atomic mass is 9.92. The molecule has 1 unspecified atom stereocenters. The monoisotopic (exact) mass is 489 g/mol. The Morgan fingerprint density at radius 1 is 1.00 bits per heavy atom. The predicted molar refractivity (Wildman–Crippen MR) is 137 cm³/mol. The topological polar surface area (TPSA) is 61.6 Å². The van der Waals surface area contributed by atoms with E-state index in [1.165, 1.54) is 0 Å². The van der Waals surface area contributed by atoms with Crippen molar-refractivity contribution < 1.29 is 18.7 Å². The second-order valence-electron chi connectivity index (χ2n) is 8.19. The molecule has 0 bridgehead atoms. The van der Waals surface area contributed by atoms with Gasteiger partial charge in [-0.1, -0.05) is 54.1 Å². The molecule has 0 amide bonds. The van der Waals surface area contributed by atoms with Gasteiger partial charge in [0.2, 0.25) is 5.89 Å². The molecule has 35 heavy (non-hydrogen) atoms. The Balaban J connectivity index is 1.36. The second kappa shape index (κ2) is 11.7. The van der Waals surface area contributed by atoms with Crippen LogP contribution >= 0.6 is 11.6 Å². The van der Waals surface area contributed by atoms with Crippen LogP contribution in [0.4, 0.5) is 0 Å². The fourth-order valence-corrected chi connectivity index (χ4v) is 3.99. The van der Waals surface area contributed by atoms with E-state index < -0.39 is 5.92 Å². The molecule has 0 aliphatic heterocycles. The summed E-state index contributed by atoms with van der Waals surface area (Å²) in [6.07, 6.45) is 1.17. The maximum absolute atomic E-state index is 12.6. The molecule has 3 aromatic carbocycles. The number of carbonyl (C=O) groups excluding carboxylic acids is 1. The average molecular weight is 490 g/mol. The van der Waals surface area contributed by atoms with E-state index in [2.05, 4.69) is 4.98 Å². The van der Waals surface area contributed by atoms with E-state index in [1.54, 1.807) is 12.1 Å². The van der Waals surface area contributed by atoms with Crippen LogP contribution in [0.5, 0.6) is 5.75 Å². The maximum atomic E-state index is 12.6. The molecule has 0 saturated heterocycles. The molecule has 0 fully saturated rings. The van der Waals surface area contributed by atoms with Crippen molar-refractivity contribution in [2.45, 2.75) is 32.6 Å². The largest absolute Gasteiger partial charge is 0.493 e. The Morgan fingerprint density at radius 3 is 2.40 bits per heavy atom. The summed E-state index contributed by atoms with van der Waals surface area (Å²) in [6.45, 7) is 4.56. The lowest BCUT2D eigenvalue weighted by Crippen LogP contribution is -2.18. The fourth-order valence-electron chi connectivity index (χ4n) is 3.86. The first-order valence-electron chi connectivity index (χ1n) is 11.7. The maximum Gasteiger partial charge on any atom is 0.313 e. The van der Waals surface area contributed by atoms with Crippen molar-refractivity contribution in [2.24, 2.45) is 0 Å². The summed E-state index contributed by atoms with van der Waals surface area (Å²) in [5, 5.41) is 0.634. The van der Waals surface area contributed by atoms with Gasteiger partial charge >= 0.3 is 5.97 Å². The molecule has 180 valence electrons. The molecular formula is C29H28ClNO4. The van der Waals surface area contributed by atoms with Gasteiger partial charge in [-0.05, 0) is 67.8 Å². The van der Waals surface area contributed by atoms with Crippen LogP contribution in [0.25, 0.3) is 11.5 Å². The number of carbonyl (C=O) groups is 1. The van der Waals surface area contributed by atoms with Crippen LogP contribution in [0.3, 0.4) is 0 Å². The van der Waals surface area contributed by atoms with E-state index in [0.29, 0.717) is 37.0 Å². The van der Waals surface area contributed by atoms with Gasteiger partial charge in [-0.2, -0.15) is 0 Å². The molecule has 0 radical (unpaired) electrons. The van der Waals surface area contributed by atoms with Crippen LogP contribution in [0.15, 0.2) is 83.3 Å². The number of ether oxygens (including phenoxy) is 2. The molecule has 6 heteroatoms. The number of halogens is 1. The summed E-state index contributed by atoms with van der Waals surface area (Å²) in [4.78, 5) is 17.2. The van der Waals surface area contributed by atoms with Crippen molar-refractivity contribution in [3.05, 3.63) is 106 Å². The van der Waals surface area contributed by atoms with Gasteiger partial charge in [0.05, 0.1) is 24.8 Å². The van der Waals surface area contributed by atoms with Gasteiger partial charge in [0, 0.05) is 17.0 Å². The van der Waals surface area contributed by atoms with Gasteiger partial charge in [0.15, 0.2) is 0 Å². The van der Waals surface area contributed by atoms with E-state index in [0.717, 1.165) is 33.9 Å². The van der Waals surface area contributed by atoms with Gasteiger partial charge in [0.1, 0.15) is 11.5 Å². The predicted octanol–water partition coefficient (Wildman–Crippen LogP) is 6.81. The van der Waals surface area contributed by atoms with Gasteiger partial charge in [-0.25, -0.2) is 4.98 Å². The van der Waals surface area contributed by atoms with Crippen LogP contribution < -0.4 is 4.74 Å². The van der Waals surface area contributed by atoms with Crippen molar-refractivity contribution in [2.75, 3.05) is 13.2 Å². The zero-order valence-corrected chi connectivity index (χ0v) is 20.6. The lowest BCUT2D eigenvalue weighted by Gasteiger charge is -2.16. The number of hydrogen-bond donors (Lipinski definition) is 0. The number of rotatable bonds is 10. The standard InChI is InChI=1S/C29H28ClNO4/c1-3-33-29(32)26(22-11-13-24(30)14-12-22)19-21-9-15-25(16-10-21)34-18-17-27-20(2)35-28(31-27)23-7-5-4-6-8-23/h4-16,26H,3,17-19H2,1-2H3. The van der Waals surface area contributed by atoms with Crippen LogP contribution in [0.1, 0.15) is 35.4 Å². The quantitative estimate of drug-likeness (QED) is 0.229.